The van der Waals surface area contributed by atoms with E-state index in [9.17, 15) is 18.0 Å². The van der Waals surface area contributed by atoms with Crippen LogP contribution in [0.5, 0.6) is 0 Å². The van der Waals surface area contributed by atoms with E-state index in [0.29, 0.717) is 23.0 Å². The summed E-state index contributed by atoms with van der Waals surface area (Å²) in [4.78, 5) is 28.6. The van der Waals surface area contributed by atoms with E-state index in [2.05, 4.69) is 21.2 Å². The van der Waals surface area contributed by atoms with E-state index in [1.54, 1.807) is 42.5 Å². The molecule has 1 atom stereocenters. The molecule has 0 aliphatic heterocycles. The van der Waals surface area contributed by atoms with E-state index in [-0.39, 0.29) is 23.4 Å². The number of halogens is 1. The van der Waals surface area contributed by atoms with Crippen molar-refractivity contribution in [3.63, 3.8) is 0 Å². The number of hydrogen-bond acceptors (Lipinski definition) is 4. The van der Waals surface area contributed by atoms with Crippen molar-refractivity contribution in [3.05, 3.63) is 95.0 Å². The van der Waals surface area contributed by atoms with Gasteiger partial charge in [-0.15, -0.1) is 0 Å². The first kappa shape index (κ1) is 29.4. The molecule has 9 heteroatoms. The van der Waals surface area contributed by atoms with E-state index < -0.39 is 28.5 Å². The standard InChI is InChI=1S/C29H34BrN3O4S/c1-4-27(29(35)31-22(2)3)32(19-18-23-12-7-5-8-13-23)28(34)21-33(25-15-11-14-24(30)20-25)38(36,37)26-16-9-6-10-17-26/h5-17,20,22,27H,4,18-19,21H2,1-3H3,(H,31,35)/t27-/m1/s1. The average molecular weight is 601 g/mol. The van der Waals surface area contributed by atoms with Gasteiger partial charge in [0, 0.05) is 17.1 Å². The molecule has 2 amide bonds. The van der Waals surface area contributed by atoms with Gasteiger partial charge in [0.2, 0.25) is 11.8 Å². The third-order valence-electron chi connectivity index (χ3n) is 6.01. The number of nitrogens with one attached hydrogen (secondary N) is 1. The number of anilines is 1. The number of benzene rings is 3. The SMILES string of the molecule is CC[C@H](C(=O)NC(C)C)N(CCc1ccccc1)C(=O)CN(c1cccc(Br)c1)S(=O)(=O)c1ccccc1. The van der Waals surface area contributed by atoms with Gasteiger partial charge in [0.1, 0.15) is 12.6 Å². The topological polar surface area (TPSA) is 86.8 Å². The highest BCUT2D eigenvalue weighted by Crippen LogP contribution is 2.27. The highest BCUT2D eigenvalue weighted by atomic mass is 79.9. The predicted octanol–water partition coefficient (Wildman–Crippen LogP) is 5.02. The van der Waals surface area contributed by atoms with Crippen LogP contribution in [0.15, 0.2) is 94.3 Å². The molecule has 202 valence electrons. The molecule has 1 N–H and O–H groups in total. The fourth-order valence-corrected chi connectivity index (χ4v) is 5.97. The summed E-state index contributed by atoms with van der Waals surface area (Å²) in [6.45, 7) is 5.39. The first-order valence-electron chi connectivity index (χ1n) is 12.6. The highest BCUT2D eigenvalue weighted by Gasteiger charge is 2.33. The summed E-state index contributed by atoms with van der Waals surface area (Å²) in [7, 11) is -4.07. The molecule has 7 nitrogen and oxygen atoms in total. The Morgan fingerprint density at radius 3 is 2.13 bits per heavy atom. The zero-order chi connectivity index (χ0) is 27.7. The fraction of sp³-hybridized carbons (Fsp3) is 0.310. The Labute approximate surface area is 234 Å². The summed E-state index contributed by atoms with van der Waals surface area (Å²) < 4.78 is 29.3. The summed E-state index contributed by atoms with van der Waals surface area (Å²) in [5.41, 5.74) is 1.37. The van der Waals surface area contributed by atoms with E-state index in [1.165, 1.54) is 17.0 Å². The first-order chi connectivity index (χ1) is 18.1. The monoisotopic (exact) mass is 599 g/mol. The van der Waals surface area contributed by atoms with Gasteiger partial charge in [-0.05, 0) is 62.6 Å². The Morgan fingerprint density at radius 2 is 1.55 bits per heavy atom. The lowest BCUT2D eigenvalue weighted by molar-refractivity contribution is -0.139. The van der Waals surface area contributed by atoms with Crippen molar-refractivity contribution < 1.29 is 18.0 Å². The van der Waals surface area contributed by atoms with Crippen LogP contribution in [0.4, 0.5) is 5.69 Å². The maximum absolute atomic E-state index is 13.9. The summed E-state index contributed by atoms with van der Waals surface area (Å²) in [6.07, 6.45) is 0.918. The number of sulfonamides is 1. The molecule has 0 spiro atoms. The van der Waals surface area contributed by atoms with E-state index in [4.69, 9.17) is 0 Å². The molecule has 3 aromatic rings. The van der Waals surface area contributed by atoms with E-state index in [0.717, 1.165) is 9.87 Å². The molecule has 0 aliphatic carbocycles. The van der Waals surface area contributed by atoms with Gasteiger partial charge in [0.15, 0.2) is 0 Å². The smallest absolute Gasteiger partial charge is 0.264 e. The summed E-state index contributed by atoms with van der Waals surface area (Å²) in [5, 5.41) is 2.90. The third kappa shape index (κ3) is 7.68. The van der Waals surface area contributed by atoms with Gasteiger partial charge >= 0.3 is 0 Å². The van der Waals surface area contributed by atoms with Crippen molar-refractivity contribution in [1.82, 2.24) is 10.2 Å². The van der Waals surface area contributed by atoms with Gasteiger partial charge in [-0.3, -0.25) is 13.9 Å². The van der Waals surface area contributed by atoms with Crippen LogP contribution in [0.2, 0.25) is 0 Å². The predicted molar refractivity (Wildman–Crippen MR) is 154 cm³/mol. The Balaban J connectivity index is 2.00. The maximum Gasteiger partial charge on any atom is 0.264 e. The minimum Gasteiger partial charge on any atom is -0.352 e. The summed E-state index contributed by atoms with van der Waals surface area (Å²) in [6, 6.07) is 23.7. The maximum atomic E-state index is 13.9. The Morgan fingerprint density at radius 1 is 0.921 bits per heavy atom. The summed E-state index contributed by atoms with van der Waals surface area (Å²) >= 11 is 3.41. The van der Waals surface area contributed by atoms with Crippen molar-refractivity contribution >= 4 is 43.5 Å². The molecule has 0 saturated heterocycles. The molecule has 0 bridgehead atoms. The largest absolute Gasteiger partial charge is 0.352 e. The second-order valence-corrected chi connectivity index (χ2v) is 12.0. The summed E-state index contributed by atoms with van der Waals surface area (Å²) in [5.74, 6) is -0.713. The molecule has 0 aliphatic rings. The number of carbonyl (C=O) groups is 2. The lowest BCUT2D eigenvalue weighted by Gasteiger charge is -2.33. The van der Waals surface area contributed by atoms with Crippen LogP contribution in [0.25, 0.3) is 0 Å². The minimum atomic E-state index is -4.07. The van der Waals surface area contributed by atoms with Crippen LogP contribution >= 0.6 is 15.9 Å². The van der Waals surface area contributed by atoms with Gasteiger partial charge in [0.05, 0.1) is 10.6 Å². The van der Waals surface area contributed by atoms with E-state index in [1.807, 2.05) is 51.1 Å². The van der Waals surface area contributed by atoms with Crippen LogP contribution in [0.3, 0.4) is 0 Å². The van der Waals surface area contributed by atoms with Gasteiger partial charge < -0.3 is 10.2 Å². The van der Waals surface area contributed by atoms with Crippen LogP contribution in [-0.4, -0.2) is 50.3 Å². The Hall–Kier alpha value is -3.17. The number of amides is 2. The molecular weight excluding hydrogens is 566 g/mol. The highest BCUT2D eigenvalue weighted by molar-refractivity contribution is 9.10. The molecule has 3 aromatic carbocycles. The van der Waals surface area contributed by atoms with Crippen molar-refractivity contribution in [1.29, 1.82) is 0 Å². The molecule has 0 saturated carbocycles. The molecule has 0 unspecified atom stereocenters. The van der Waals surface area contributed by atoms with Gasteiger partial charge in [-0.1, -0.05) is 77.5 Å². The van der Waals surface area contributed by atoms with Crippen LogP contribution in [0, 0.1) is 0 Å². The number of hydrogen-bond donors (Lipinski definition) is 1. The number of rotatable bonds is 12. The fourth-order valence-electron chi connectivity index (χ4n) is 4.16. The van der Waals surface area contributed by atoms with Crippen LogP contribution < -0.4 is 9.62 Å². The minimum absolute atomic E-state index is 0.0770. The van der Waals surface area contributed by atoms with Crippen LogP contribution in [0.1, 0.15) is 32.8 Å². The van der Waals surface area contributed by atoms with Crippen molar-refractivity contribution in [2.24, 2.45) is 0 Å². The molecular formula is C29H34BrN3O4S. The van der Waals surface area contributed by atoms with Crippen molar-refractivity contribution in [2.45, 2.75) is 50.6 Å². The molecule has 0 radical (unpaired) electrons. The lowest BCUT2D eigenvalue weighted by Crippen LogP contribution is -2.54. The van der Waals surface area contributed by atoms with E-state index >= 15 is 0 Å². The molecule has 0 fully saturated rings. The first-order valence-corrected chi connectivity index (χ1v) is 14.8. The molecule has 3 rings (SSSR count). The second kappa shape index (κ2) is 13.6. The van der Waals surface area contributed by atoms with Crippen LogP contribution in [-0.2, 0) is 26.0 Å². The van der Waals surface area contributed by atoms with Gasteiger partial charge in [0.25, 0.3) is 10.0 Å². The van der Waals surface area contributed by atoms with Gasteiger partial charge in [-0.2, -0.15) is 0 Å². The Kier molecular flexibility index (Phi) is 10.5. The number of nitrogens with zero attached hydrogens (tertiary/aromatic N) is 2. The average Bonchev–Trinajstić information content (AvgIpc) is 2.90. The molecule has 38 heavy (non-hydrogen) atoms. The lowest BCUT2D eigenvalue weighted by atomic mass is 10.1. The van der Waals surface area contributed by atoms with Crippen molar-refractivity contribution in [3.8, 4) is 0 Å². The molecule has 0 heterocycles. The Bertz CT molecular complexity index is 1320. The van der Waals surface area contributed by atoms with Gasteiger partial charge in [-0.25, -0.2) is 8.42 Å². The van der Waals surface area contributed by atoms with Crippen molar-refractivity contribution in [2.75, 3.05) is 17.4 Å². The normalized spacial score (nSPS) is 12.1. The quantitative estimate of drug-likeness (QED) is 0.317. The second-order valence-electron chi connectivity index (χ2n) is 9.21. The third-order valence-corrected chi connectivity index (χ3v) is 8.29. The number of carbonyl (C=O) groups excluding carboxylic acids is 2. The zero-order valence-electron chi connectivity index (χ0n) is 21.9. The molecule has 0 aromatic heterocycles. The zero-order valence-corrected chi connectivity index (χ0v) is 24.3.